The Hall–Kier alpha value is -3.02. The highest BCUT2D eigenvalue weighted by Crippen LogP contribution is 2.24. The van der Waals surface area contributed by atoms with Crippen LogP contribution >= 0.6 is 23.2 Å². The molecule has 7 heteroatoms. The maximum atomic E-state index is 13.7. The number of nitrogens with one attached hydrogen (secondary N) is 1. The molecule has 3 aromatic rings. The lowest BCUT2D eigenvalue weighted by Crippen LogP contribution is -2.53. The lowest BCUT2D eigenvalue weighted by molar-refractivity contribution is -0.143. The molecule has 3 rings (SSSR count). The highest BCUT2D eigenvalue weighted by molar-refractivity contribution is 6.35. The molecule has 0 saturated heterocycles. The van der Waals surface area contributed by atoms with Gasteiger partial charge in [0.25, 0.3) is 5.91 Å². The Labute approximate surface area is 229 Å². The second-order valence-electron chi connectivity index (χ2n) is 9.32. The maximum Gasteiger partial charge on any atom is 0.261 e. The Kier molecular flexibility index (Phi) is 10.4. The van der Waals surface area contributed by atoms with Crippen molar-refractivity contribution in [2.45, 2.75) is 59.2 Å². The minimum Gasteiger partial charge on any atom is -0.484 e. The molecule has 3 aromatic carbocycles. The van der Waals surface area contributed by atoms with Crippen molar-refractivity contribution < 1.29 is 14.3 Å². The van der Waals surface area contributed by atoms with Gasteiger partial charge >= 0.3 is 0 Å². The molecule has 0 saturated carbocycles. The second kappa shape index (κ2) is 13.5. The Balaban J connectivity index is 1.94. The monoisotopic (exact) mass is 540 g/mol. The van der Waals surface area contributed by atoms with Gasteiger partial charge in [-0.25, -0.2) is 0 Å². The Bertz CT molecular complexity index is 1220. The summed E-state index contributed by atoms with van der Waals surface area (Å²) in [6.45, 7) is 7.89. The molecule has 0 fully saturated rings. The van der Waals surface area contributed by atoms with Gasteiger partial charge in [-0.1, -0.05) is 72.6 Å². The zero-order valence-corrected chi connectivity index (χ0v) is 23.3. The smallest absolute Gasteiger partial charge is 0.261 e. The van der Waals surface area contributed by atoms with Crippen LogP contribution in [0, 0.1) is 13.8 Å². The minimum absolute atomic E-state index is 0.0337. The average Bonchev–Trinajstić information content (AvgIpc) is 2.88. The number of carbonyl (C=O) groups is 2. The number of carbonyl (C=O) groups excluding carboxylic acids is 2. The van der Waals surface area contributed by atoms with E-state index in [9.17, 15) is 9.59 Å². The fourth-order valence-corrected chi connectivity index (χ4v) is 4.33. The zero-order chi connectivity index (χ0) is 26.9. The van der Waals surface area contributed by atoms with Gasteiger partial charge in [0.05, 0.1) is 0 Å². The molecular weight excluding hydrogens is 507 g/mol. The summed E-state index contributed by atoms with van der Waals surface area (Å²) in [5, 5.41) is 3.99. The lowest BCUT2D eigenvalue weighted by atomic mass is 10.0. The van der Waals surface area contributed by atoms with Crippen molar-refractivity contribution in [3.05, 3.63) is 99.0 Å². The first-order chi connectivity index (χ1) is 17.7. The summed E-state index contributed by atoms with van der Waals surface area (Å²) in [5.74, 6) is 0.0666. The number of benzene rings is 3. The van der Waals surface area contributed by atoms with Crippen LogP contribution in [0.25, 0.3) is 0 Å². The molecule has 0 aromatic heterocycles. The zero-order valence-electron chi connectivity index (χ0n) is 21.8. The molecule has 0 spiro atoms. The predicted octanol–water partition coefficient (Wildman–Crippen LogP) is 6.54. The molecule has 0 aliphatic rings. The minimum atomic E-state index is -0.765. The van der Waals surface area contributed by atoms with Gasteiger partial charge < -0.3 is 15.0 Å². The summed E-state index contributed by atoms with van der Waals surface area (Å²) in [6.07, 6.45) is 1.13. The van der Waals surface area contributed by atoms with E-state index in [1.807, 2.05) is 76.2 Å². The summed E-state index contributed by atoms with van der Waals surface area (Å²) < 4.78 is 5.88. The quantitative estimate of drug-likeness (QED) is 0.300. The van der Waals surface area contributed by atoms with Gasteiger partial charge in [-0.05, 0) is 73.7 Å². The van der Waals surface area contributed by atoms with Gasteiger partial charge in [-0.3, -0.25) is 9.59 Å². The SMILES string of the molecule is CCC(C)NC(=O)C(Cc1ccccc1)N(Cc1ccc(Cl)cc1Cl)C(=O)COc1ccc(C)c(C)c1. The van der Waals surface area contributed by atoms with E-state index >= 15 is 0 Å². The van der Waals surface area contributed by atoms with Gasteiger partial charge in [-0.2, -0.15) is 0 Å². The van der Waals surface area contributed by atoms with Gasteiger partial charge in [-0.15, -0.1) is 0 Å². The molecule has 1 N–H and O–H groups in total. The van der Waals surface area contributed by atoms with Crippen LogP contribution in [0.2, 0.25) is 10.0 Å². The topological polar surface area (TPSA) is 58.6 Å². The molecule has 0 radical (unpaired) electrons. The first-order valence-electron chi connectivity index (χ1n) is 12.5. The molecule has 2 unspecified atom stereocenters. The van der Waals surface area contributed by atoms with Crippen molar-refractivity contribution in [1.29, 1.82) is 0 Å². The normalized spacial score (nSPS) is 12.5. The van der Waals surface area contributed by atoms with Crippen LogP contribution in [0.5, 0.6) is 5.75 Å². The van der Waals surface area contributed by atoms with Gasteiger partial charge in [0.15, 0.2) is 6.61 Å². The van der Waals surface area contributed by atoms with Crippen molar-refractivity contribution in [2.75, 3.05) is 6.61 Å². The summed E-state index contributed by atoms with van der Waals surface area (Å²) in [6, 6.07) is 19.7. The van der Waals surface area contributed by atoms with E-state index in [2.05, 4.69) is 5.32 Å². The molecule has 196 valence electrons. The fourth-order valence-electron chi connectivity index (χ4n) is 3.86. The Morgan fingerprint density at radius 2 is 1.70 bits per heavy atom. The second-order valence-corrected chi connectivity index (χ2v) is 10.2. The van der Waals surface area contributed by atoms with Crippen LogP contribution in [0.4, 0.5) is 0 Å². The third kappa shape index (κ3) is 8.24. The summed E-state index contributed by atoms with van der Waals surface area (Å²) in [7, 11) is 0. The van der Waals surface area contributed by atoms with E-state index in [1.54, 1.807) is 23.1 Å². The number of hydrogen-bond donors (Lipinski definition) is 1. The van der Waals surface area contributed by atoms with E-state index in [4.69, 9.17) is 27.9 Å². The van der Waals surface area contributed by atoms with E-state index in [-0.39, 0.29) is 31.0 Å². The lowest BCUT2D eigenvalue weighted by Gasteiger charge is -2.32. The van der Waals surface area contributed by atoms with Crippen LogP contribution in [0.1, 0.15) is 42.5 Å². The number of aryl methyl sites for hydroxylation is 2. The van der Waals surface area contributed by atoms with E-state index in [0.717, 1.165) is 23.1 Å². The number of rotatable bonds is 11. The van der Waals surface area contributed by atoms with Gasteiger partial charge in [0.2, 0.25) is 5.91 Å². The Morgan fingerprint density at radius 3 is 2.35 bits per heavy atom. The Morgan fingerprint density at radius 1 is 0.973 bits per heavy atom. The molecule has 5 nitrogen and oxygen atoms in total. The number of halogens is 2. The highest BCUT2D eigenvalue weighted by Gasteiger charge is 2.31. The molecule has 0 aliphatic heterocycles. The number of hydrogen-bond acceptors (Lipinski definition) is 3. The highest BCUT2D eigenvalue weighted by atomic mass is 35.5. The van der Waals surface area contributed by atoms with Crippen molar-refractivity contribution in [3.8, 4) is 5.75 Å². The third-order valence-corrected chi connectivity index (χ3v) is 7.06. The third-order valence-electron chi connectivity index (χ3n) is 6.47. The van der Waals surface area contributed by atoms with Crippen molar-refractivity contribution in [2.24, 2.45) is 0 Å². The number of ether oxygens (including phenoxy) is 1. The number of nitrogens with zero attached hydrogens (tertiary/aromatic N) is 1. The standard InChI is InChI=1S/C30H34Cl2N2O3/c1-5-22(4)33-30(36)28(16-23-9-7-6-8-10-23)34(18-24-12-13-25(31)17-27(24)32)29(35)19-37-26-14-11-20(2)21(3)15-26/h6-15,17,22,28H,5,16,18-19H2,1-4H3,(H,33,36). The van der Waals surface area contributed by atoms with E-state index < -0.39 is 6.04 Å². The van der Waals surface area contributed by atoms with Gasteiger partial charge in [0.1, 0.15) is 11.8 Å². The molecule has 0 bridgehead atoms. The predicted molar refractivity (Wildman–Crippen MR) is 150 cm³/mol. The number of amides is 2. The van der Waals surface area contributed by atoms with Crippen molar-refractivity contribution in [1.82, 2.24) is 10.2 Å². The fraction of sp³-hybridized carbons (Fsp3) is 0.333. The first-order valence-corrected chi connectivity index (χ1v) is 13.2. The molecule has 2 atom stereocenters. The van der Waals surface area contributed by atoms with Crippen LogP contribution in [0.3, 0.4) is 0 Å². The van der Waals surface area contributed by atoms with Gasteiger partial charge in [0, 0.05) is 29.1 Å². The molecule has 0 aliphatic carbocycles. The maximum absolute atomic E-state index is 13.7. The van der Waals surface area contributed by atoms with Crippen LogP contribution in [-0.2, 0) is 22.6 Å². The first kappa shape index (κ1) is 28.5. The van der Waals surface area contributed by atoms with E-state index in [1.165, 1.54) is 0 Å². The van der Waals surface area contributed by atoms with Crippen molar-refractivity contribution >= 4 is 35.0 Å². The van der Waals surface area contributed by atoms with Crippen LogP contribution in [-0.4, -0.2) is 35.4 Å². The summed E-state index contributed by atoms with van der Waals surface area (Å²) in [5.41, 5.74) is 3.86. The van der Waals surface area contributed by atoms with Crippen LogP contribution < -0.4 is 10.1 Å². The summed E-state index contributed by atoms with van der Waals surface area (Å²) in [4.78, 5) is 28.8. The van der Waals surface area contributed by atoms with Crippen molar-refractivity contribution in [3.63, 3.8) is 0 Å². The average molecular weight is 542 g/mol. The largest absolute Gasteiger partial charge is 0.484 e. The molecule has 0 heterocycles. The summed E-state index contributed by atoms with van der Waals surface area (Å²) >= 11 is 12.6. The van der Waals surface area contributed by atoms with E-state index in [0.29, 0.717) is 27.8 Å². The van der Waals surface area contributed by atoms with Crippen LogP contribution in [0.15, 0.2) is 66.7 Å². The molecule has 2 amide bonds. The molecular formula is C30H34Cl2N2O3. The molecule has 37 heavy (non-hydrogen) atoms.